The number of urea groups is 1. The summed E-state index contributed by atoms with van der Waals surface area (Å²) in [4.78, 5) is 23.3. The molecule has 1 unspecified atom stereocenters. The van der Waals surface area contributed by atoms with E-state index >= 15 is 0 Å². The molecule has 1 atom stereocenters. The lowest BCUT2D eigenvalue weighted by Gasteiger charge is -2.13. The lowest BCUT2D eigenvalue weighted by atomic mass is 10.3. The van der Waals surface area contributed by atoms with Crippen LogP contribution in [0.5, 0.6) is 0 Å². The van der Waals surface area contributed by atoms with E-state index in [0.29, 0.717) is 17.3 Å². The topological polar surface area (TPSA) is 87.7 Å². The van der Waals surface area contributed by atoms with E-state index in [2.05, 4.69) is 10.6 Å². The van der Waals surface area contributed by atoms with Crippen molar-refractivity contribution < 1.29 is 19.4 Å². The molecule has 0 saturated carbocycles. The molecule has 1 rings (SSSR count). The van der Waals surface area contributed by atoms with Gasteiger partial charge in [-0.15, -0.1) is 11.3 Å². The van der Waals surface area contributed by atoms with Crippen molar-refractivity contribution in [1.29, 1.82) is 0 Å². The first-order valence-corrected chi connectivity index (χ1v) is 6.72. The maximum atomic E-state index is 11.5. The number of amides is 2. The third-order valence-corrected chi connectivity index (χ3v) is 3.51. The van der Waals surface area contributed by atoms with Crippen LogP contribution < -0.4 is 10.6 Å². The van der Waals surface area contributed by atoms with E-state index in [1.165, 1.54) is 18.4 Å². The molecule has 19 heavy (non-hydrogen) atoms. The van der Waals surface area contributed by atoms with Gasteiger partial charge in [0.05, 0.1) is 10.9 Å². The number of ether oxygens (including phenoxy) is 1. The molecule has 0 fully saturated rings. The smallest absolute Gasteiger partial charge is 0.328 e. The summed E-state index contributed by atoms with van der Waals surface area (Å²) in [5, 5.41) is 13.7. The monoisotopic (exact) mass is 306 g/mol. The number of carbonyl (C=O) groups excluding carboxylic acids is 1. The molecule has 0 aromatic carbocycles. The molecule has 0 bridgehead atoms. The Kier molecular flexibility index (Phi) is 6.61. The zero-order valence-corrected chi connectivity index (χ0v) is 11.9. The van der Waals surface area contributed by atoms with Crippen molar-refractivity contribution in [2.45, 2.75) is 12.5 Å². The number of nitrogens with one attached hydrogen (secondary N) is 2. The number of carboxylic acid groups (broad SMARTS) is 1. The predicted octanol–water partition coefficient (Wildman–Crippen LogP) is 1.34. The van der Waals surface area contributed by atoms with Crippen LogP contribution in [0.2, 0.25) is 4.34 Å². The molecule has 1 aromatic heterocycles. The largest absolute Gasteiger partial charge is 0.480 e. The summed E-state index contributed by atoms with van der Waals surface area (Å²) in [5.41, 5.74) is 0. The van der Waals surface area contributed by atoms with Crippen LogP contribution in [-0.4, -0.2) is 43.4 Å². The highest BCUT2D eigenvalue weighted by atomic mass is 35.5. The Balaban J connectivity index is 2.28. The Morgan fingerprint density at radius 2 is 2.26 bits per heavy atom. The SMILES string of the molecule is COCC(NC(=O)NCCc1ccc(Cl)s1)C(=O)O. The third-order valence-electron chi connectivity index (χ3n) is 2.22. The first kappa shape index (κ1) is 15.7. The summed E-state index contributed by atoms with van der Waals surface area (Å²) in [6.45, 7) is 0.325. The molecule has 3 N–H and O–H groups in total. The van der Waals surface area contributed by atoms with Gasteiger partial charge < -0.3 is 20.5 Å². The fraction of sp³-hybridized carbons (Fsp3) is 0.455. The van der Waals surface area contributed by atoms with E-state index in [1.54, 1.807) is 6.07 Å². The Labute approximate surface area is 119 Å². The normalized spacial score (nSPS) is 11.9. The van der Waals surface area contributed by atoms with Gasteiger partial charge >= 0.3 is 12.0 Å². The standard InChI is InChI=1S/C11H15ClN2O4S/c1-18-6-8(10(15)16)14-11(17)13-5-4-7-2-3-9(12)19-7/h2-3,8H,4-6H2,1H3,(H,15,16)(H2,13,14,17). The van der Waals surface area contributed by atoms with Gasteiger partial charge in [0.2, 0.25) is 0 Å². The minimum atomic E-state index is -1.14. The van der Waals surface area contributed by atoms with E-state index in [-0.39, 0.29) is 6.61 Å². The van der Waals surface area contributed by atoms with Gasteiger partial charge in [-0.2, -0.15) is 0 Å². The zero-order valence-electron chi connectivity index (χ0n) is 10.3. The van der Waals surface area contributed by atoms with Crippen molar-refractivity contribution in [3.05, 3.63) is 21.3 Å². The summed E-state index contributed by atoms with van der Waals surface area (Å²) >= 11 is 7.23. The molecule has 6 nitrogen and oxygen atoms in total. The van der Waals surface area contributed by atoms with Gasteiger partial charge in [-0.05, 0) is 18.6 Å². The van der Waals surface area contributed by atoms with E-state index in [0.717, 1.165) is 4.88 Å². The highest BCUT2D eigenvalue weighted by molar-refractivity contribution is 7.16. The van der Waals surface area contributed by atoms with Gasteiger partial charge in [0, 0.05) is 18.5 Å². The van der Waals surface area contributed by atoms with E-state index in [9.17, 15) is 9.59 Å². The number of halogens is 1. The second-order valence-corrected chi connectivity index (χ2v) is 5.50. The summed E-state index contributed by atoms with van der Waals surface area (Å²) in [6.07, 6.45) is 0.646. The van der Waals surface area contributed by atoms with Gasteiger partial charge in [0.15, 0.2) is 6.04 Å². The van der Waals surface area contributed by atoms with Crippen molar-refractivity contribution in [2.24, 2.45) is 0 Å². The Morgan fingerprint density at radius 1 is 1.53 bits per heavy atom. The highest BCUT2D eigenvalue weighted by Crippen LogP contribution is 2.21. The van der Waals surface area contributed by atoms with Crippen LogP contribution in [-0.2, 0) is 16.0 Å². The Morgan fingerprint density at radius 3 is 2.79 bits per heavy atom. The van der Waals surface area contributed by atoms with Crippen molar-refractivity contribution in [1.82, 2.24) is 10.6 Å². The molecule has 0 aliphatic heterocycles. The van der Waals surface area contributed by atoms with E-state index < -0.39 is 18.0 Å². The number of aliphatic carboxylic acids is 1. The van der Waals surface area contributed by atoms with Gasteiger partial charge in [-0.3, -0.25) is 0 Å². The summed E-state index contributed by atoms with van der Waals surface area (Å²) < 4.78 is 5.41. The van der Waals surface area contributed by atoms with Crippen molar-refractivity contribution in [3.63, 3.8) is 0 Å². The average molecular weight is 307 g/mol. The number of rotatable bonds is 7. The molecule has 106 valence electrons. The predicted molar refractivity (Wildman–Crippen MR) is 72.9 cm³/mol. The molecule has 0 saturated heterocycles. The van der Waals surface area contributed by atoms with Gasteiger partial charge in [0.1, 0.15) is 0 Å². The van der Waals surface area contributed by atoms with Crippen LogP contribution in [0.3, 0.4) is 0 Å². The molecule has 1 aromatic rings. The second-order valence-electron chi connectivity index (χ2n) is 3.70. The Hall–Kier alpha value is -1.31. The molecule has 0 aliphatic rings. The fourth-order valence-electron chi connectivity index (χ4n) is 1.34. The third kappa shape index (κ3) is 5.91. The lowest BCUT2D eigenvalue weighted by Crippen LogP contribution is -2.48. The van der Waals surface area contributed by atoms with Gasteiger partial charge in [0.25, 0.3) is 0 Å². The van der Waals surface area contributed by atoms with Crippen molar-refractivity contribution >= 4 is 34.9 Å². The van der Waals surface area contributed by atoms with Crippen LogP contribution in [0, 0.1) is 0 Å². The number of methoxy groups -OCH3 is 1. The van der Waals surface area contributed by atoms with Crippen LogP contribution >= 0.6 is 22.9 Å². The number of carboxylic acids is 1. The number of hydrogen-bond donors (Lipinski definition) is 3. The van der Waals surface area contributed by atoms with Gasteiger partial charge in [-0.25, -0.2) is 9.59 Å². The van der Waals surface area contributed by atoms with Crippen LogP contribution in [0.1, 0.15) is 4.88 Å². The minimum absolute atomic E-state index is 0.0801. The van der Waals surface area contributed by atoms with E-state index in [4.69, 9.17) is 21.4 Å². The summed E-state index contributed by atoms with van der Waals surface area (Å²) in [7, 11) is 1.37. The van der Waals surface area contributed by atoms with Crippen molar-refractivity contribution in [3.8, 4) is 0 Å². The first-order chi connectivity index (χ1) is 9.02. The van der Waals surface area contributed by atoms with Crippen molar-refractivity contribution in [2.75, 3.05) is 20.3 Å². The van der Waals surface area contributed by atoms with Crippen LogP contribution in [0.15, 0.2) is 12.1 Å². The molecule has 0 spiro atoms. The molecule has 1 heterocycles. The second kappa shape index (κ2) is 7.98. The quantitative estimate of drug-likeness (QED) is 0.709. The molecule has 8 heteroatoms. The Bertz CT molecular complexity index is 438. The van der Waals surface area contributed by atoms with E-state index in [1.807, 2.05) is 6.07 Å². The maximum Gasteiger partial charge on any atom is 0.328 e. The van der Waals surface area contributed by atoms with Crippen LogP contribution in [0.25, 0.3) is 0 Å². The first-order valence-electron chi connectivity index (χ1n) is 5.53. The van der Waals surface area contributed by atoms with Crippen LogP contribution in [0.4, 0.5) is 4.79 Å². The molecule has 2 amide bonds. The molecular weight excluding hydrogens is 292 g/mol. The molecular formula is C11H15ClN2O4S. The summed E-state index contributed by atoms with van der Waals surface area (Å²) in [6, 6.07) is 2.09. The lowest BCUT2D eigenvalue weighted by molar-refractivity contribution is -0.140. The maximum absolute atomic E-state index is 11.5. The zero-order chi connectivity index (χ0) is 14.3. The number of carbonyl (C=O) groups is 2. The average Bonchev–Trinajstić information content (AvgIpc) is 2.74. The highest BCUT2D eigenvalue weighted by Gasteiger charge is 2.19. The molecule has 0 radical (unpaired) electrons. The number of hydrogen-bond acceptors (Lipinski definition) is 4. The summed E-state index contributed by atoms with van der Waals surface area (Å²) in [5.74, 6) is -1.14. The minimum Gasteiger partial charge on any atom is -0.480 e. The molecule has 0 aliphatic carbocycles. The number of thiophene rings is 1. The fourth-order valence-corrected chi connectivity index (χ4v) is 2.42. The van der Waals surface area contributed by atoms with Gasteiger partial charge in [-0.1, -0.05) is 11.6 Å².